The van der Waals surface area contributed by atoms with Crippen LogP contribution in [0.25, 0.3) is 0 Å². The molecule has 1 aromatic heterocycles. The van der Waals surface area contributed by atoms with Gasteiger partial charge in [-0.2, -0.15) is 10.4 Å². The average Bonchev–Trinajstić information content (AvgIpc) is 2.45. The van der Waals surface area contributed by atoms with Gasteiger partial charge in [0, 0.05) is 11.7 Å². The summed E-state index contributed by atoms with van der Waals surface area (Å²) in [6, 6.07) is 2.34. The van der Waals surface area contributed by atoms with Crippen molar-refractivity contribution in [1.29, 1.82) is 5.26 Å². The molecular formula is C11H17BrN4. The van der Waals surface area contributed by atoms with E-state index in [1.165, 1.54) is 0 Å². The number of halogens is 1. The van der Waals surface area contributed by atoms with Crippen LogP contribution in [0, 0.1) is 25.2 Å². The summed E-state index contributed by atoms with van der Waals surface area (Å²) in [5, 5.41) is 16.6. The highest BCUT2D eigenvalue weighted by molar-refractivity contribution is 9.10. The molecule has 0 bridgehead atoms. The third-order valence-corrected chi connectivity index (χ3v) is 3.49. The van der Waals surface area contributed by atoms with Crippen molar-refractivity contribution in [2.24, 2.45) is 0 Å². The van der Waals surface area contributed by atoms with E-state index in [0.29, 0.717) is 12.6 Å². The largest absolute Gasteiger partial charge is 0.298 e. The molecule has 1 rings (SSSR count). The number of nitrogens with zero attached hydrogens (tertiary/aromatic N) is 3. The van der Waals surface area contributed by atoms with Crippen molar-refractivity contribution in [2.45, 2.75) is 46.3 Å². The summed E-state index contributed by atoms with van der Waals surface area (Å²) < 4.78 is 2.89. The van der Waals surface area contributed by atoms with Gasteiger partial charge in [-0.15, -0.1) is 0 Å². The van der Waals surface area contributed by atoms with Crippen molar-refractivity contribution in [3.05, 3.63) is 15.9 Å². The second kappa shape index (κ2) is 5.46. The van der Waals surface area contributed by atoms with Gasteiger partial charge in [0.15, 0.2) is 0 Å². The van der Waals surface area contributed by atoms with E-state index in [9.17, 15) is 0 Å². The third kappa shape index (κ3) is 3.06. The van der Waals surface area contributed by atoms with Crippen molar-refractivity contribution in [2.75, 3.05) is 0 Å². The number of hydrogen-bond acceptors (Lipinski definition) is 3. The maximum atomic E-state index is 9.04. The summed E-state index contributed by atoms with van der Waals surface area (Å²) in [5.41, 5.74) is 2.02. The molecule has 4 nitrogen and oxygen atoms in total. The van der Waals surface area contributed by atoms with Crippen LogP contribution < -0.4 is 5.32 Å². The summed E-state index contributed by atoms with van der Waals surface area (Å²) in [4.78, 5) is 0. The zero-order valence-electron chi connectivity index (χ0n) is 10.1. The van der Waals surface area contributed by atoms with Gasteiger partial charge in [-0.3, -0.25) is 10.00 Å². The first-order valence-corrected chi connectivity index (χ1v) is 6.10. The first kappa shape index (κ1) is 13.2. The van der Waals surface area contributed by atoms with Crippen molar-refractivity contribution >= 4 is 15.9 Å². The van der Waals surface area contributed by atoms with Crippen LogP contribution in [0.5, 0.6) is 0 Å². The van der Waals surface area contributed by atoms with Crippen LogP contribution in [0.3, 0.4) is 0 Å². The Labute approximate surface area is 105 Å². The Bertz CT molecular complexity index is 403. The van der Waals surface area contributed by atoms with Crippen molar-refractivity contribution in [1.82, 2.24) is 15.1 Å². The monoisotopic (exact) mass is 284 g/mol. The first-order chi connectivity index (χ1) is 7.45. The van der Waals surface area contributed by atoms with E-state index in [1.807, 2.05) is 32.4 Å². The lowest BCUT2D eigenvalue weighted by Crippen LogP contribution is -2.37. The smallest absolute Gasteiger partial charge is 0.115 e. The number of nitrogens with one attached hydrogen (secondary N) is 1. The van der Waals surface area contributed by atoms with Crippen LogP contribution in [-0.4, -0.2) is 21.9 Å². The Balaban J connectivity index is 2.79. The standard InChI is InChI=1S/C11H17BrN4/c1-7(2)14-10(5-13)6-16-9(4)11(12)8(3)15-16/h7,10,14H,6H2,1-4H3. The molecule has 0 aliphatic heterocycles. The van der Waals surface area contributed by atoms with Gasteiger partial charge in [0.1, 0.15) is 6.04 Å². The predicted octanol–water partition coefficient (Wildman–Crippen LogP) is 2.15. The van der Waals surface area contributed by atoms with Gasteiger partial charge in [-0.25, -0.2) is 0 Å². The maximum Gasteiger partial charge on any atom is 0.115 e. The number of rotatable bonds is 4. The molecule has 88 valence electrons. The van der Waals surface area contributed by atoms with E-state index in [2.05, 4.69) is 32.4 Å². The minimum Gasteiger partial charge on any atom is -0.298 e. The molecule has 0 spiro atoms. The van der Waals surface area contributed by atoms with Crippen LogP contribution in [0.1, 0.15) is 25.2 Å². The number of hydrogen-bond donors (Lipinski definition) is 1. The van der Waals surface area contributed by atoms with Crippen LogP contribution in [-0.2, 0) is 6.54 Å². The van der Waals surface area contributed by atoms with Gasteiger partial charge in [0.2, 0.25) is 0 Å². The lowest BCUT2D eigenvalue weighted by Gasteiger charge is -2.15. The molecule has 1 heterocycles. The highest BCUT2D eigenvalue weighted by Crippen LogP contribution is 2.19. The number of aromatic nitrogens is 2. The normalized spacial score (nSPS) is 12.8. The summed E-state index contributed by atoms with van der Waals surface area (Å²) in [7, 11) is 0. The molecule has 1 unspecified atom stereocenters. The average molecular weight is 285 g/mol. The summed E-state index contributed by atoms with van der Waals surface area (Å²) in [6.07, 6.45) is 0. The van der Waals surface area contributed by atoms with Gasteiger partial charge in [0.05, 0.1) is 22.8 Å². The van der Waals surface area contributed by atoms with E-state index in [4.69, 9.17) is 5.26 Å². The molecule has 0 saturated heterocycles. The molecule has 16 heavy (non-hydrogen) atoms. The minimum atomic E-state index is -0.204. The molecule has 0 aliphatic carbocycles. The van der Waals surface area contributed by atoms with E-state index < -0.39 is 0 Å². The van der Waals surface area contributed by atoms with Crippen molar-refractivity contribution < 1.29 is 0 Å². The quantitative estimate of drug-likeness (QED) is 0.922. The fourth-order valence-electron chi connectivity index (χ4n) is 1.56. The third-order valence-electron chi connectivity index (χ3n) is 2.34. The van der Waals surface area contributed by atoms with Gasteiger partial charge >= 0.3 is 0 Å². The molecule has 0 saturated carbocycles. The van der Waals surface area contributed by atoms with Crippen molar-refractivity contribution in [3.8, 4) is 6.07 Å². The maximum absolute atomic E-state index is 9.04. The van der Waals surface area contributed by atoms with E-state index >= 15 is 0 Å². The number of aryl methyl sites for hydroxylation is 1. The fraction of sp³-hybridized carbons (Fsp3) is 0.636. The molecular weight excluding hydrogens is 268 g/mol. The Kier molecular flexibility index (Phi) is 4.51. The van der Waals surface area contributed by atoms with Gasteiger partial charge in [-0.1, -0.05) is 0 Å². The predicted molar refractivity (Wildman–Crippen MR) is 67.1 cm³/mol. The molecule has 0 fully saturated rings. The molecule has 5 heteroatoms. The Morgan fingerprint density at radius 3 is 2.50 bits per heavy atom. The van der Waals surface area contributed by atoms with E-state index in [-0.39, 0.29) is 6.04 Å². The molecule has 0 aliphatic rings. The Morgan fingerprint density at radius 1 is 1.50 bits per heavy atom. The molecule has 0 radical (unpaired) electrons. The van der Waals surface area contributed by atoms with Gasteiger partial charge in [-0.05, 0) is 43.6 Å². The Hall–Kier alpha value is -0.860. The lowest BCUT2D eigenvalue weighted by atomic mass is 10.2. The molecule has 1 N–H and O–H groups in total. The zero-order valence-corrected chi connectivity index (χ0v) is 11.7. The zero-order chi connectivity index (χ0) is 12.3. The second-order valence-corrected chi connectivity index (χ2v) is 4.96. The molecule has 0 aromatic carbocycles. The van der Waals surface area contributed by atoms with E-state index in [1.54, 1.807) is 0 Å². The second-order valence-electron chi connectivity index (χ2n) is 4.17. The van der Waals surface area contributed by atoms with Crippen molar-refractivity contribution in [3.63, 3.8) is 0 Å². The summed E-state index contributed by atoms with van der Waals surface area (Å²) >= 11 is 3.48. The van der Waals surface area contributed by atoms with Gasteiger partial charge < -0.3 is 0 Å². The number of nitriles is 1. The van der Waals surface area contributed by atoms with Crippen LogP contribution >= 0.6 is 15.9 Å². The first-order valence-electron chi connectivity index (χ1n) is 5.31. The highest BCUT2D eigenvalue weighted by Gasteiger charge is 2.14. The molecule has 0 amide bonds. The van der Waals surface area contributed by atoms with E-state index in [0.717, 1.165) is 15.9 Å². The van der Waals surface area contributed by atoms with Crippen LogP contribution in [0.2, 0.25) is 0 Å². The van der Waals surface area contributed by atoms with Crippen LogP contribution in [0.15, 0.2) is 4.47 Å². The SMILES string of the molecule is Cc1nn(CC(C#N)NC(C)C)c(C)c1Br. The summed E-state index contributed by atoms with van der Waals surface area (Å²) in [5.74, 6) is 0. The topological polar surface area (TPSA) is 53.6 Å². The Morgan fingerprint density at radius 2 is 2.12 bits per heavy atom. The molecule has 1 aromatic rings. The fourth-order valence-corrected chi connectivity index (χ4v) is 1.84. The molecule has 1 atom stereocenters. The van der Waals surface area contributed by atoms with Gasteiger partial charge in [0.25, 0.3) is 0 Å². The minimum absolute atomic E-state index is 0.204. The van der Waals surface area contributed by atoms with Crippen LogP contribution in [0.4, 0.5) is 0 Å². The summed E-state index contributed by atoms with van der Waals surface area (Å²) in [6.45, 7) is 8.58. The lowest BCUT2D eigenvalue weighted by molar-refractivity contribution is 0.450. The highest BCUT2D eigenvalue weighted by atomic mass is 79.9.